The smallest absolute Gasteiger partial charge is 0.175 e. The molecule has 0 atom stereocenters. The second-order valence-electron chi connectivity index (χ2n) is 6.48. The van der Waals surface area contributed by atoms with E-state index in [9.17, 15) is 0 Å². The van der Waals surface area contributed by atoms with Crippen molar-refractivity contribution in [2.24, 2.45) is 0 Å². The van der Waals surface area contributed by atoms with Crippen molar-refractivity contribution in [3.8, 4) is 11.5 Å². The van der Waals surface area contributed by atoms with E-state index in [1.54, 1.807) is 0 Å². The Hall–Kier alpha value is -1.88. The van der Waals surface area contributed by atoms with Crippen molar-refractivity contribution in [2.75, 3.05) is 11.9 Å². The summed E-state index contributed by atoms with van der Waals surface area (Å²) in [6, 6.07) is 17.5. The Labute approximate surface area is 190 Å². The first kappa shape index (κ1) is 21.8. The monoisotopic (exact) mass is 493 g/mol. The van der Waals surface area contributed by atoms with Crippen molar-refractivity contribution in [3.63, 3.8) is 0 Å². The van der Waals surface area contributed by atoms with Gasteiger partial charge in [-0.3, -0.25) is 0 Å². The van der Waals surface area contributed by atoms with Crippen molar-refractivity contribution in [1.82, 2.24) is 0 Å². The first-order valence-electron chi connectivity index (χ1n) is 9.30. The van der Waals surface area contributed by atoms with E-state index in [2.05, 4.69) is 21.2 Å². The molecule has 0 aliphatic heterocycles. The molecule has 0 heterocycles. The number of nitrogens with one attached hydrogen (secondary N) is 1. The topological polar surface area (TPSA) is 30.5 Å². The average molecular weight is 495 g/mol. The molecule has 0 amide bonds. The Morgan fingerprint density at radius 1 is 0.966 bits per heavy atom. The summed E-state index contributed by atoms with van der Waals surface area (Å²) in [4.78, 5) is 0. The van der Waals surface area contributed by atoms with Gasteiger partial charge in [-0.15, -0.1) is 0 Å². The number of hydrogen-bond acceptors (Lipinski definition) is 3. The molecule has 29 heavy (non-hydrogen) atoms. The lowest BCUT2D eigenvalue weighted by Crippen LogP contribution is -2.05. The van der Waals surface area contributed by atoms with E-state index in [4.69, 9.17) is 32.7 Å². The van der Waals surface area contributed by atoms with Gasteiger partial charge in [0.1, 0.15) is 6.61 Å². The van der Waals surface area contributed by atoms with Crippen LogP contribution in [0.4, 0.5) is 5.69 Å². The molecule has 0 aliphatic carbocycles. The molecule has 0 bridgehead atoms. The van der Waals surface area contributed by atoms with Crippen LogP contribution in [-0.2, 0) is 13.2 Å². The zero-order chi connectivity index (χ0) is 20.8. The quantitative estimate of drug-likeness (QED) is 0.348. The maximum Gasteiger partial charge on any atom is 0.175 e. The minimum absolute atomic E-state index is 0.359. The van der Waals surface area contributed by atoms with Crippen molar-refractivity contribution in [1.29, 1.82) is 0 Å². The fourth-order valence-electron chi connectivity index (χ4n) is 2.89. The lowest BCUT2D eigenvalue weighted by Gasteiger charge is -2.17. The van der Waals surface area contributed by atoms with Gasteiger partial charge in [-0.05, 0) is 71.2 Å². The highest BCUT2D eigenvalue weighted by molar-refractivity contribution is 9.10. The maximum atomic E-state index is 6.24. The zero-order valence-electron chi connectivity index (χ0n) is 16.3. The number of halogens is 3. The average Bonchev–Trinajstić information content (AvgIpc) is 2.70. The van der Waals surface area contributed by atoms with Gasteiger partial charge in [-0.1, -0.05) is 47.5 Å². The van der Waals surface area contributed by atoms with Gasteiger partial charge in [-0.25, -0.2) is 0 Å². The predicted octanol–water partition coefficient (Wildman–Crippen LogP) is 7.65. The highest BCUT2D eigenvalue weighted by Crippen LogP contribution is 2.38. The highest BCUT2D eigenvalue weighted by atomic mass is 79.9. The van der Waals surface area contributed by atoms with E-state index in [0.717, 1.165) is 31.9 Å². The summed E-state index contributed by atoms with van der Waals surface area (Å²) >= 11 is 16.1. The SMILES string of the molecule is CCOc1cc(CNc2cccc(Cl)c2C)cc(Br)c1OCc1ccccc1Cl. The third-order valence-corrected chi connectivity index (χ3v) is 5.82. The van der Waals surface area contributed by atoms with Crippen molar-refractivity contribution in [3.05, 3.63) is 85.8 Å². The summed E-state index contributed by atoms with van der Waals surface area (Å²) in [6.45, 7) is 5.48. The Morgan fingerprint density at radius 2 is 1.72 bits per heavy atom. The normalized spacial score (nSPS) is 10.7. The molecule has 0 fully saturated rings. The van der Waals surface area contributed by atoms with Gasteiger partial charge in [0.15, 0.2) is 11.5 Å². The fourth-order valence-corrected chi connectivity index (χ4v) is 3.86. The van der Waals surface area contributed by atoms with Crippen LogP contribution < -0.4 is 14.8 Å². The molecule has 3 nitrogen and oxygen atoms in total. The first-order chi connectivity index (χ1) is 14.0. The highest BCUT2D eigenvalue weighted by Gasteiger charge is 2.14. The molecule has 0 radical (unpaired) electrons. The van der Waals surface area contributed by atoms with Crippen LogP contribution in [0.2, 0.25) is 10.0 Å². The summed E-state index contributed by atoms with van der Waals surface area (Å²) in [7, 11) is 0. The van der Waals surface area contributed by atoms with Crippen molar-refractivity contribution in [2.45, 2.75) is 27.0 Å². The second kappa shape index (κ2) is 10.2. The third kappa shape index (κ3) is 5.59. The largest absolute Gasteiger partial charge is 0.490 e. The second-order valence-corrected chi connectivity index (χ2v) is 8.15. The van der Waals surface area contributed by atoms with Crippen LogP contribution in [0.15, 0.2) is 59.1 Å². The van der Waals surface area contributed by atoms with Crippen molar-refractivity contribution >= 4 is 44.8 Å². The minimum atomic E-state index is 0.359. The lowest BCUT2D eigenvalue weighted by atomic mass is 10.1. The molecule has 0 spiro atoms. The van der Waals surface area contributed by atoms with Crippen LogP contribution in [0.5, 0.6) is 11.5 Å². The summed E-state index contributed by atoms with van der Waals surface area (Å²) in [5.74, 6) is 1.35. The van der Waals surface area contributed by atoms with Gasteiger partial charge >= 0.3 is 0 Å². The van der Waals surface area contributed by atoms with E-state index >= 15 is 0 Å². The predicted molar refractivity (Wildman–Crippen MR) is 125 cm³/mol. The van der Waals surface area contributed by atoms with Crippen LogP contribution >= 0.6 is 39.1 Å². The maximum absolute atomic E-state index is 6.24. The van der Waals surface area contributed by atoms with Crippen molar-refractivity contribution < 1.29 is 9.47 Å². The van der Waals surface area contributed by atoms with Gasteiger partial charge < -0.3 is 14.8 Å². The zero-order valence-corrected chi connectivity index (χ0v) is 19.4. The third-order valence-electron chi connectivity index (χ3n) is 4.45. The molecule has 1 N–H and O–H groups in total. The molecular weight excluding hydrogens is 473 g/mol. The Kier molecular flexibility index (Phi) is 7.70. The van der Waals surface area contributed by atoms with Gasteiger partial charge in [-0.2, -0.15) is 0 Å². The van der Waals surface area contributed by atoms with Crippen LogP contribution in [0.3, 0.4) is 0 Å². The van der Waals surface area contributed by atoms with Gasteiger partial charge in [0.25, 0.3) is 0 Å². The molecule has 152 valence electrons. The molecule has 3 aromatic rings. The minimum Gasteiger partial charge on any atom is -0.490 e. The van der Waals surface area contributed by atoms with Crippen LogP contribution in [-0.4, -0.2) is 6.61 Å². The number of hydrogen-bond donors (Lipinski definition) is 1. The Bertz CT molecular complexity index is 995. The molecular formula is C23H22BrCl2NO2. The fraction of sp³-hybridized carbons (Fsp3) is 0.217. The van der Waals surface area contributed by atoms with E-state index < -0.39 is 0 Å². The molecule has 3 rings (SSSR count). The van der Waals surface area contributed by atoms with E-state index in [-0.39, 0.29) is 0 Å². The van der Waals surface area contributed by atoms with Crippen LogP contribution in [0, 0.1) is 6.92 Å². The van der Waals surface area contributed by atoms with E-state index in [1.807, 2.05) is 68.4 Å². The number of ether oxygens (including phenoxy) is 2. The molecule has 0 saturated carbocycles. The first-order valence-corrected chi connectivity index (χ1v) is 10.8. The summed E-state index contributed by atoms with van der Waals surface area (Å²) in [6.07, 6.45) is 0. The molecule has 3 aromatic carbocycles. The molecule has 0 saturated heterocycles. The van der Waals surface area contributed by atoms with Gasteiger partial charge in [0.05, 0.1) is 11.1 Å². The molecule has 0 aliphatic rings. The molecule has 0 unspecified atom stereocenters. The summed E-state index contributed by atoms with van der Waals surface area (Å²) < 4.78 is 12.7. The van der Waals surface area contributed by atoms with Crippen LogP contribution in [0.25, 0.3) is 0 Å². The number of benzene rings is 3. The van der Waals surface area contributed by atoms with E-state index in [1.165, 1.54) is 0 Å². The summed E-state index contributed by atoms with van der Waals surface area (Å²) in [5.41, 5.74) is 4.01. The standard InChI is InChI=1S/C23H22BrCl2NO2/c1-3-28-22-12-16(13-27-21-10-6-9-19(25)15(21)2)11-18(24)23(22)29-14-17-7-4-5-8-20(17)26/h4-12,27H,3,13-14H2,1-2H3. The summed E-state index contributed by atoms with van der Waals surface area (Å²) in [5, 5.41) is 4.86. The lowest BCUT2D eigenvalue weighted by molar-refractivity contribution is 0.267. The van der Waals surface area contributed by atoms with Crippen LogP contribution in [0.1, 0.15) is 23.6 Å². The number of rotatable bonds is 8. The number of anilines is 1. The Balaban J connectivity index is 1.78. The molecule has 0 aromatic heterocycles. The van der Waals surface area contributed by atoms with E-state index in [0.29, 0.717) is 36.3 Å². The Morgan fingerprint density at radius 3 is 2.48 bits per heavy atom. The van der Waals surface area contributed by atoms with Gasteiger partial charge in [0, 0.05) is 27.8 Å². The molecule has 6 heteroatoms. The van der Waals surface area contributed by atoms with Gasteiger partial charge in [0.2, 0.25) is 0 Å².